The first kappa shape index (κ1) is 16.2. The largest absolute Gasteiger partial charge is 0.478 e. The second-order valence-electron chi connectivity index (χ2n) is 6.18. The standard InChI is InChI=1S/C18H21N3O3/c1-13-6-9-19-21(13)12-17(22)20-10-7-14(8-11-20)15-4-2-3-5-16(15)18(23)24/h2-6,9,14H,7-8,10-12H2,1H3,(H,23,24). The zero-order chi connectivity index (χ0) is 17.1. The number of amides is 1. The summed E-state index contributed by atoms with van der Waals surface area (Å²) in [5.41, 5.74) is 2.21. The number of carboxylic acid groups (broad SMARTS) is 1. The maximum atomic E-state index is 12.4. The van der Waals surface area contributed by atoms with Crippen molar-refractivity contribution in [2.45, 2.75) is 32.2 Å². The predicted octanol–water partition coefficient (Wildman–Crippen LogP) is 2.30. The van der Waals surface area contributed by atoms with E-state index in [1.54, 1.807) is 23.0 Å². The summed E-state index contributed by atoms with van der Waals surface area (Å²) in [7, 11) is 0. The van der Waals surface area contributed by atoms with E-state index >= 15 is 0 Å². The van der Waals surface area contributed by atoms with Gasteiger partial charge in [-0.15, -0.1) is 0 Å². The molecule has 0 saturated carbocycles. The second kappa shape index (κ2) is 6.86. The summed E-state index contributed by atoms with van der Waals surface area (Å²) < 4.78 is 1.70. The van der Waals surface area contributed by atoms with Gasteiger partial charge in [0.05, 0.1) is 5.56 Å². The minimum atomic E-state index is -0.890. The lowest BCUT2D eigenvalue weighted by Crippen LogP contribution is -2.40. The predicted molar refractivity (Wildman–Crippen MR) is 88.9 cm³/mol. The topological polar surface area (TPSA) is 75.4 Å². The van der Waals surface area contributed by atoms with Gasteiger partial charge in [-0.05, 0) is 43.4 Å². The molecule has 2 aromatic rings. The summed E-state index contributed by atoms with van der Waals surface area (Å²) in [6.07, 6.45) is 3.26. The maximum Gasteiger partial charge on any atom is 0.335 e. The minimum Gasteiger partial charge on any atom is -0.478 e. The third kappa shape index (κ3) is 3.32. The first-order chi connectivity index (χ1) is 11.6. The van der Waals surface area contributed by atoms with Gasteiger partial charge in [-0.25, -0.2) is 4.79 Å². The van der Waals surface area contributed by atoms with E-state index < -0.39 is 5.97 Å². The second-order valence-corrected chi connectivity index (χ2v) is 6.18. The molecule has 0 unspecified atom stereocenters. The first-order valence-corrected chi connectivity index (χ1v) is 8.14. The third-order valence-electron chi connectivity index (χ3n) is 4.69. The van der Waals surface area contributed by atoms with E-state index in [1.807, 2.05) is 30.0 Å². The number of aromatic carboxylic acids is 1. The molecule has 1 amide bonds. The number of carbonyl (C=O) groups excluding carboxylic acids is 1. The van der Waals surface area contributed by atoms with E-state index in [1.165, 1.54) is 0 Å². The van der Waals surface area contributed by atoms with Gasteiger partial charge in [0, 0.05) is 25.0 Å². The van der Waals surface area contributed by atoms with Crippen LogP contribution in [0.15, 0.2) is 36.5 Å². The number of aryl methyl sites for hydroxylation is 1. The Balaban J connectivity index is 1.63. The number of carboxylic acids is 1. The molecular formula is C18H21N3O3. The van der Waals surface area contributed by atoms with Gasteiger partial charge in [0.1, 0.15) is 6.54 Å². The van der Waals surface area contributed by atoms with Crippen LogP contribution in [0.3, 0.4) is 0 Å². The number of hydrogen-bond acceptors (Lipinski definition) is 3. The Hall–Kier alpha value is -2.63. The molecule has 0 radical (unpaired) electrons. The Morgan fingerprint density at radius 3 is 2.54 bits per heavy atom. The molecule has 1 N–H and O–H groups in total. The Morgan fingerprint density at radius 2 is 1.92 bits per heavy atom. The fraction of sp³-hybridized carbons (Fsp3) is 0.389. The molecule has 0 spiro atoms. The Kier molecular flexibility index (Phi) is 4.64. The van der Waals surface area contributed by atoms with Gasteiger partial charge in [0.2, 0.25) is 5.91 Å². The molecule has 24 heavy (non-hydrogen) atoms. The lowest BCUT2D eigenvalue weighted by molar-refractivity contribution is -0.133. The van der Waals surface area contributed by atoms with Crippen molar-refractivity contribution in [3.63, 3.8) is 0 Å². The normalized spacial score (nSPS) is 15.5. The van der Waals surface area contributed by atoms with Crippen LogP contribution in [0.25, 0.3) is 0 Å². The van der Waals surface area contributed by atoms with Crippen LogP contribution >= 0.6 is 0 Å². The third-order valence-corrected chi connectivity index (χ3v) is 4.69. The highest BCUT2D eigenvalue weighted by Crippen LogP contribution is 2.30. The zero-order valence-corrected chi connectivity index (χ0v) is 13.7. The highest BCUT2D eigenvalue weighted by atomic mass is 16.4. The van der Waals surface area contributed by atoms with E-state index in [2.05, 4.69) is 5.10 Å². The van der Waals surface area contributed by atoms with E-state index in [0.29, 0.717) is 18.7 Å². The number of benzene rings is 1. The van der Waals surface area contributed by atoms with E-state index in [-0.39, 0.29) is 18.4 Å². The van der Waals surface area contributed by atoms with E-state index in [4.69, 9.17) is 0 Å². The van der Waals surface area contributed by atoms with Gasteiger partial charge < -0.3 is 10.0 Å². The molecule has 1 aliphatic rings. The lowest BCUT2D eigenvalue weighted by atomic mass is 9.86. The molecule has 3 rings (SSSR count). The summed E-state index contributed by atoms with van der Waals surface area (Å²) in [5, 5.41) is 13.5. The molecule has 0 atom stereocenters. The van der Waals surface area contributed by atoms with Crippen molar-refractivity contribution in [3.8, 4) is 0 Å². The highest BCUT2D eigenvalue weighted by Gasteiger charge is 2.26. The quantitative estimate of drug-likeness (QED) is 0.935. The minimum absolute atomic E-state index is 0.0618. The number of nitrogens with zero attached hydrogens (tertiary/aromatic N) is 3. The number of hydrogen-bond donors (Lipinski definition) is 1. The smallest absolute Gasteiger partial charge is 0.335 e. The monoisotopic (exact) mass is 327 g/mol. The summed E-state index contributed by atoms with van der Waals surface area (Å²) in [6.45, 7) is 3.49. The fourth-order valence-electron chi connectivity index (χ4n) is 3.28. The van der Waals surface area contributed by atoms with Gasteiger partial charge in [-0.2, -0.15) is 5.10 Å². The number of carbonyl (C=O) groups is 2. The van der Waals surface area contributed by atoms with Gasteiger partial charge in [-0.1, -0.05) is 18.2 Å². The number of piperidine rings is 1. The molecule has 1 aromatic carbocycles. The molecule has 6 nitrogen and oxygen atoms in total. The molecule has 0 aliphatic carbocycles. The van der Waals surface area contributed by atoms with Crippen LogP contribution < -0.4 is 0 Å². The van der Waals surface area contributed by atoms with Gasteiger partial charge in [0.25, 0.3) is 0 Å². The van der Waals surface area contributed by atoms with Crippen molar-refractivity contribution >= 4 is 11.9 Å². The summed E-state index contributed by atoms with van der Waals surface area (Å²) in [4.78, 5) is 25.6. The summed E-state index contributed by atoms with van der Waals surface area (Å²) in [6, 6.07) is 9.04. The van der Waals surface area contributed by atoms with Crippen molar-refractivity contribution < 1.29 is 14.7 Å². The van der Waals surface area contributed by atoms with Gasteiger partial charge >= 0.3 is 5.97 Å². The molecular weight excluding hydrogens is 306 g/mol. The molecule has 2 heterocycles. The Labute approximate surface area is 140 Å². The van der Waals surface area contributed by atoms with Gasteiger partial charge in [-0.3, -0.25) is 9.48 Å². The van der Waals surface area contributed by atoms with Crippen molar-refractivity contribution in [3.05, 3.63) is 53.3 Å². The Bertz CT molecular complexity index is 745. The molecule has 1 aromatic heterocycles. The van der Waals surface area contributed by atoms with Crippen LogP contribution in [0.5, 0.6) is 0 Å². The maximum absolute atomic E-state index is 12.4. The van der Waals surface area contributed by atoms with Gasteiger partial charge in [0.15, 0.2) is 0 Å². The highest BCUT2D eigenvalue weighted by molar-refractivity contribution is 5.89. The van der Waals surface area contributed by atoms with Crippen LogP contribution in [0.2, 0.25) is 0 Å². The molecule has 1 aliphatic heterocycles. The molecule has 0 bridgehead atoms. The van der Waals surface area contributed by atoms with E-state index in [0.717, 1.165) is 24.1 Å². The average molecular weight is 327 g/mol. The van der Waals surface area contributed by atoms with Crippen molar-refractivity contribution in [2.75, 3.05) is 13.1 Å². The molecule has 1 fully saturated rings. The molecule has 126 valence electrons. The van der Waals surface area contributed by atoms with Crippen LogP contribution in [0, 0.1) is 6.92 Å². The first-order valence-electron chi connectivity index (χ1n) is 8.14. The lowest BCUT2D eigenvalue weighted by Gasteiger charge is -2.32. The molecule has 6 heteroatoms. The van der Waals surface area contributed by atoms with Crippen LogP contribution in [-0.4, -0.2) is 44.8 Å². The SMILES string of the molecule is Cc1ccnn1CC(=O)N1CCC(c2ccccc2C(=O)O)CC1. The average Bonchev–Trinajstić information content (AvgIpc) is 3.00. The Morgan fingerprint density at radius 1 is 1.21 bits per heavy atom. The molecule has 1 saturated heterocycles. The number of rotatable bonds is 4. The summed E-state index contributed by atoms with van der Waals surface area (Å²) in [5.74, 6) is -0.641. The van der Waals surface area contributed by atoms with Crippen molar-refractivity contribution in [2.24, 2.45) is 0 Å². The zero-order valence-electron chi connectivity index (χ0n) is 13.7. The van der Waals surface area contributed by atoms with Crippen LogP contribution in [0.1, 0.15) is 40.4 Å². The van der Waals surface area contributed by atoms with Crippen LogP contribution in [0.4, 0.5) is 0 Å². The number of aromatic nitrogens is 2. The van der Waals surface area contributed by atoms with Crippen molar-refractivity contribution in [1.82, 2.24) is 14.7 Å². The fourth-order valence-corrected chi connectivity index (χ4v) is 3.28. The number of likely N-dealkylation sites (tertiary alicyclic amines) is 1. The summed E-state index contributed by atoms with van der Waals surface area (Å²) >= 11 is 0. The van der Waals surface area contributed by atoms with E-state index in [9.17, 15) is 14.7 Å². The van der Waals surface area contributed by atoms with Crippen LogP contribution in [-0.2, 0) is 11.3 Å². The van der Waals surface area contributed by atoms with Crippen molar-refractivity contribution in [1.29, 1.82) is 0 Å².